The molecule has 0 radical (unpaired) electrons. The Hall–Kier alpha value is -1.57. The minimum Gasteiger partial charge on any atom is -0.439 e. The van der Waals surface area contributed by atoms with Gasteiger partial charge in [-0.25, -0.2) is 4.98 Å². The summed E-state index contributed by atoms with van der Waals surface area (Å²) in [6.07, 6.45) is 6.81. The van der Waals surface area contributed by atoms with E-state index in [4.69, 9.17) is 4.42 Å². The molecule has 0 atom stereocenters. The fourth-order valence-corrected chi connectivity index (χ4v) is 2.86. The van der Waals surface area contributed by atoms with Gasteiger partial charge in [-0.3, -0.25) is 4.99 Å². The van der Waals surface area contributed by atoms with Crippen LogP contribution in [0.15, 0.2) is 39.9 Å². The van der Waals surface area contributed by atoms with Crippen molar-refractivity contribution in [3.8, 4) is 11.3 Å². The molecule has 3 rings (SSSR count). The molecule has 2 aromatic rings. The number of hydrogen-bond acceptors (Lipinski definition) is 3. The van der Waals surface area contributed by atoms with Gasteiger partial charge in [-0.1, -0.05) is 42.7 Å². The van der Waals surface area contributed by atoms with Crippen LogP contribution in [0.25, 0.3) is 11.3 Å². The molecule has 1 aliphatic rings. The molecule has 0 amide bonds. The number of aliphatic imine (C=N–C) groups is 1. The molecule has 5 nitrogen and oxygen atoms in total. The van der Waals surface area contributed by atoms with Gasteiger partial charge in [-0.05, 0) is 19.8 Å². The number of rotatable bonds is 4. The van der Waals surface area contributed by atoms with Gasteiger partial charge in [-0.2, -0.15) is 0 Å². The fourth-order valence-electron chi connectivity index (χ4n) is 2.86. The predicted octanol–water partition coefficient (Wildman–Crippen LogP) is 3.88. The number of benzene rings is 1. The first-order valence-electron chi connectivity index (χ1n) is 8.23. The number of nitrogens with one attached hydrogen (secondary N) is 2. The van der Waals surface area contributed by atoms with E-state index in [9.17, 15) is 0 Å². The van der Waals surface area contributed by atoms with Gasteiger partial charge in [0.2, 0.25) is 5.89 Å². The summed E-state index contributed by atoms with van der Waals surface area (Å²) < 4.78 is 5.82. The van der Waals surface area contributed by atoms with E-state index in [0.717, 1.165) is 17.3 Å². The molecule has 1 fully saturated rings. The van der Waals surface area contributed by atoms with Gasteiger partial charge in [-0.15, -0.1) is 24.0 Å². The van der Waals surface area contributed by atoms with Crippen LogP contribution in [0.3, 0.4) is 0 Å². The Morgan fingerprint density at radius 2 is 1.96 bits per heavy atom. The van der Waals surface area contributed by atoms with Crippen LogP contribution in [0.4, 0.5) is 0 Å². The predicted molar refractivity (Wildman–Crippen MR) is 108 cm³/mol. The van der Waals surface area contributed by atoms with Crippen LogP contribution in [0, 0.1) is 6.92 Å². The van der Waals surface area contributed by atoms with E-state index in [-0.39, 0.29) is 24.0 Å². The molecule has 130 valence electrons. The molecule has 1 aliphatic carbocycles. The molecule has 0 bridgehead atoms. The van der Waals surface area contributed by atoms with Crippen LogP contribution >= 0.6 is 24.0 Å². The number of halogens is 1. The Morgan fingerprint density at radius 1 is 1.25 bits per heavy atom. The van der Waals surface area contributed by atoms with E-state index in [0.29, 0.717) is 18.5 Å². The van der Waals surface area contributed by atoms with Crippen LogP contribution < -0.4 is 10.6 Å². The number of guanidine groups is 1. The van der Waals surface area contributed by atoms with Gasteiger partial charge in [0, 0.05) is 18.7 Å². The van der Waals surface area contributed by atoms with Crippen molar-refractivity contribution in [2.75, 3.05) is 7.05 Å². The highest BCUT2D eigenvalue weighted by Gasteiger charge is 2.16. The first-order valence-corrected chi connectivity index (χ1v) is 8.23. The van der Waals surface area contributed by atoms with Gasteiger partial charge in [0.1, 0.15) is 0 Å². The lowest BCUT2D eigenvalue weighted by Crippen LogP contribution is -2.41. The topological polar surface area (TPSA) is 62.5 Å². The Morgan fingerprint density at radius 3 is 2.62 bits per heavy atom. The summed E-state index contributed by atoms with van der Waals surface area (Å²) in [6.45, 7) is 2.60. The number of hydrogen-bond donors (Lipinski definition) is 2. The van der Waals surface area contributed by atoms with Crippen LogP contribution in [0.5, 0.6) is 0 Å². The highest BCUT2D eigenvalue weighted by Crippen LogP contribution is 2.21. The molecule has 0 aliphatic heterocycles. The zero-order chi connectivity index (χ0) is 16.1. The summed E-state index contributed by atoms with van der Waals surface area (Å²) in [5.41, 5.74) is 2.28. The zero-order valence-corrected chi connectivity index (χ0v) is 16.5. The monoisotopic (exact) mass is 440 g/mol. The van der Waals surface area contributed by atoms with Gasteiger partial charge in [0.05, 0.1) is 12.7 Å². The van der Waals surface area contributed by atoms with Crippen LogP contribution in [-0.4, -0.2) is 24.0 Å². The van der Waals surface area contributed by atoms with Crippen molar-refractivity contribution in [2.24, 2.45) is 4.99 Å². The molecular formula is C18H25IN4O. The van der Waals surface area contributed by atoms with E-state index in [1.807, 2.05) is 12.1 Å². The number of nitrogens with zero attached hydrogens (tertiary/aromatic N) is 2. The lowest BCUT2D eigenvalue weighted by atomic mass is 10.1. The Balaban J connectivity index is 0.00000208. The molecule has 24 heavy (non-hydrogen) atoms. The lowest BCUT2D eigenvalue weighted by molar-refractivity contribution is 0.495. The lowest BCUT2D eigenvalue weighted by Gasteiger charge is -2.15. The average molecular weight is 440 g/mol. The van der Waals surface area contributed by atoms with Crippen LogP contribution in [-0.2, 0) is 6.54 Å². The highest BCUT2D eigenvalue weighted by molar-refractivity contribution is 14.0. The van der Waals surface area contributed by atoms with Crippen LogP contribution in [0.2, 0.25) is 0 Å². The second-order valence-electron chi connectivity index (χ2n) is 6.04. The van der Waals surface area contributed by atoms with Crippen molar-refractivity contribution in [1.82, 2.24) is 15.6 Å². The SMILES string of the molecule is CN=C(NCc1ncc(-c2ccc(C)cc2)o1)NC1CCCC1.I. The molecule has 0 saturated heterocycles. The zero-order valence-electron chi connectivity index (χ0n) is 14.2. The summed E-state index contributed by atoms with van der Waals surface area (Å²) in [5, 5.41) is 6.72. The molecule has 1 saturated carbocycles. The fraction of sp³-hybridized carbons (Fsp3) is 0.444. The van der Waals surface area contributed by atoms with Gasteiger partial charge >= 0.3 is 0 Å². The minimum absolute atomic E-state index is 0. The van der Waals surface area contributed by atoms with Gasteiger partial charge < -0.3 is 15.1 Å². The molecule has 0 unspecified atom stereocenters. The normalized spacial score (nSPS) is 15.2. The third kappa shape index (κ3) is 4.96. The summed E-state index contributed by atoms with van der Waals surface area (Å²) in [6, 6.07) is 8.78. The van der Waals surface area contributed by atoms with Crippen molar-refractivity contribution in [2.45, 2.75) is 45.2 Å². The summed E-state index contributed by atoms with van der Waals surface area (Å²) >= 11 is 0. The Kier molecular flexibility index (Phi) is 7.08. The molecule has 0 spiro atoms. The van der Waals surface area contributed by atoms with Crippen molar-refractivity contribution in [3.05, 3.63) is 41.9 Å². The molecule has 1 aromatic carbocycles. The summed E-state index contributed by atoms with van der Waals surface area (Å²) in [4.78, 5) is 8.61. The van der Waals surface area contributed by atoms with Crippen LogP contribution in [0.1, 0.15) is 37.1 Å². The van der Waals surface area contributed by atoms with Crippen molar-refractivity contribution >= 4 is 29.9 Å². The first kappa shape index (κ1) is 18.8. The second kappa shape index (κ2) is 9.05. The molecule has 6 heteroatoms. The molecule has 2 N–H and O–H groups in total. The maximum Gasteiger partial charge on any atom is 0.214 e. The van der Waals surface area contributed by atoms with Gasteiger partial charge in [0.15, 0.2) is 11.7 Å². The Labute approximate surface area is 160 Å². The Bertz CT molecular complexity index is 660. The number of aryl methyl sites for hydroxylation is 1. The maximum atomic E-state index is 5.82. The van der Waals surface area contributed by atoms with Crippen molar-refractivity contribution in [1.29, 1.82) is 0 Å². The summed E-state index contributed by atoms with van der Waals surface area (Å²) in [7, 11) is 1.79. The quantitative estimate of drug-likeness (QED) is 0.431. The third-order valence-electron chi connectivity index (χ3n) is 4.22. The maximum absolute atomic E-state index is 5.82. The van der Waals surface area contributed by atoms with Crippen molar-refractivity contribution in [3.63, 3.8) is 0 Å². The molecule has 1 aromatic heterocycles. The largest absolute Gasteiger partial charge is 0.439 e. The van der Waals surface area contributed by atoms with E-state index in [1.165, 1.54) is 31.2 Å². The van der Waals surface area contributed by atoms with E-state index >= 15 is 0 Å². The van der Waals surface area contributed by atoms with Crippen molar-refractivity contribution < 1.29 is 4.42 Å². The first-order chi connectivity index (χ1) is 11.2. The molecule has 1 heterocycles. The third-order valence-corrected chi connectivity index (χ3v) is 4.22. The highest BCUT2D eigenvalue weighted by atomic mass is 127. The summed E-state index contributed by atoms with van der Waals surface area (Å²) in [5.74, 6) is 2.27. The second-order valence-corrected chi connectivity index (χ2v) is 6.04. The molecular weight excluding hydrogens is 415 g/mol. The van der Waals surface area contributed by atoms with E-state index in [2.05, 4.69) is 39.7 Å². The van der Waals surface area contributed by atoms with E-state index < -0.39 is 0 Å². The minimum atomic E-state index is 0. The van der Waals surface area contributed by atoms with Gasteiger partial charge in [0.25, 0.3) is 0 Å². The number of aromatic nitrogens is 1. The van der Waals surface area contributed by atoms with E-state index in [1.54, 1.807) is 13.2 Å². The number of oxazole rings is 1. The average Bonchev–Trinajstić information content (AvgIpc) is 3.24. The standard InChI is InChI=1S/C18H24N4O.HI/c1-13-7-9-14(10-8-13)16-11-20-17(23-16)12-21-18(19-2)22-15-5-3-4-6-15;/h7-11,15H,3-6,12H2,1-2H3,(H2,19,21,22);1H. The smallest absolute Gasteiger partial charge is 0.214 e.